The van der Waals surface area contributed by atoms with Crippen molar-refractivity contribution in [2.45, 2.75) is 32.6 Å². The van der Waals surface area contributed by atoms with Crippen LogP contribution in [0.15, 0.2) is 69.9 Å². The van der Waals surface area contributed by atoms with Gasteiger partial charge in [0.15, 0.2) is 5.82 Å². The quantitative estimate of drug-likeness (QED) is 0.303. The van der Waals surface area contributed by atoms with Gasteiger partial charge in [0.05, 0.1) is 23.9 Å². The SMILES string of the molecule is CC(C)(C)c1cc(NC(=O)Cc2ccc(NC(=O)c3cnn(-c4cccc(Cl)c4)c3Br)cc2)no1. The van der Waals surface area contributed by atoms with Crippen molar-refractivity contribution >= 4 is 50.9 Å². The standard InChI is InChI=1S/C25H23BrClN5O3/c1-25(2,3)20-13-21(31-35-20)30-22(33)11-15-7-9-17(10-8-15)29-24(34)19-14-28-32(23(19)26)18-6-4-5-16(27)12-18/h4-10,12-14H,11H2,1-3H3,(H,29,34)(H,30,31,33). The van der Waals surface area contributed by atoms with Gasteiger partial charge in [0, 0.05) is 22.2 Å². The summed E-state index contributed by atoms with van der Waals surface area (Å²) in [6, 6.07) is 15.9. The lowest BCUT2D eigenvalue weighted by Gasteiger charge is -2.12. The van der Waals surface area contributed by atoms with E-state index in [-0.39, 0.29) is 23.7 Å². The van der Waals surface area contributed by atoms with E-state index in [0.717, 1.165) is 11.3 Å². The molecule has 0 fully saturated rings. The summed E-state index contributed by atoms with van der Waals surface area (Å²) in [7, 11) is 0. The maximum atomic E-state index is 12.8. The van der Waals surface area contributed by atoms with Gasteiger partial charge >= 0.3 is 0 Å². The zero-order valence-electron chi connectivity index (χ0n) is 19.3. The van der Waals surface area contributed by atoms with E-state index in [2.05, 4.69) is 36.8 Å². The number of hydrogen-bond donors (Lipinski definition) is 2. The molecule has 0 aliphatic rings. The molecule has 2 heterocycles. The van der Waals surface area contributed by atoms with E-state index in [1.165, 1.54) is 6.20 Å². The number of nitrogens with zero attached hydrogens (tertiary/aromatic N) is 3. The highest BCUT2D eigenvalue weighted by atomic mass is 79.9. The van der Waals surface area contributed by atoms with Crippen LogP contribution >= 0.6 is 27.5 Å². The highest BCUT2D eigenvalue weighted by Crippen LogP contribution is 2.25. The van der Waals surface area contributed by atoms with Crippen molar-refractivity contribution in [1.82, 2.24) is 14.9 Å². The lowest BCUT2D eigenvalue weighted by molar-refractivity contribution is -0.115. The number of nitrogens with one attached hydrogen (secondary N) is 2. The van der Waals surface area contributed by atoms with Gasteiger partial charge in [-0.05, 0) is 51.8 Å². The Balaban J connectivity index is 1.37. The fourth-order valence-corrected chi connectivity index (χ4v) is 4.00. The van der Waals surface area contributed by atoms with Gasteiger partial charge in [-0.3, -0.25) is 9.59 Å². The Morgan fingerprint density at radius 1 is 1.09 bits per heavy atom. The molecule has 2 amide bonds. The van der Waals surface area contributed by atoms with Crippen molar-refractivity contribution in [2.24, 2.45) is 0 Å². The summed E-state index contributed by atoms with van der Waals surface area (Å²) in [6.45, 7) is 6.01. The van der Waals surface area contributed by atoms with E-state index in [9.17, 15) is 9.59 Å². The molecular formula is C25H23BrClN5O3. The molecule has 0 spiro atoms. The molecule has 35 heavy (non-hydrogen) atoms. The monoisotopic (exact) mass is 555 g/mol. The van der Waals surface area contributed by atoms with Crippen LogP contribution in [0.25, 0.3) is 5.69 Å². The van der Waals surface area contributed by atoms with E-state index < -0.39 is 0 Å². The van der Waals surface area contributed by atoms with E-state index in [4.69, 9.17) is 16.1 Å². The highest BCUT2D eigenvalue weighted by Gasteiger charge is 2.20. The van der Waals surface area contributed by atoms with E-state index in [1.807, 2.05) is 32.9 Å². The predicted octanol–water partition coefficient (Wildman–Crippen LogP) is 6.01. The highest BCUT2D eigenvalue weighted by molar-refractivity contribution is 9.10. The largest absolute Gasteiger partial charge is 0.359 e. The summed E-state index contributed by atoms with van der Waals surface area (Å²) >= 11 is 9.50. The fourth-order valence-electron chi connectivity index (χ4n) is 3.24. The molecule has 8 nitrogen and oxygen atoms in total. The molecule has 0 atom stereocenters. The van der Waals surface area contributed by atoms with Crippen molar-refractivity contribution in [3.8, 4) is 5.69 Å². The van der Waals surface area contributed by atoms with Crippen molar-refractivity contribution in [3.63, 3.8) is 0 Å². The first-order chi connectivity index (χ1) is 16.6. The number of aromatic nitrogens is 3. The molecule has 180 valence electrons. The van der Waals surface area contributed by atoms with Crippen molar-refractivity contribution in [3.05, 3.63) is 87.3 Å². The number of anilines is 2. The van der Waals surface area contributed by atoms with Gasteiger partial charge in [0.2, 0.25) is 5.91 Å². The molecular weight excluding hydrogens is 534 g/mol. The first kappa shape index (κ1) is 24.7. The van der Waals surface area contributed by atoms with Crippen LogP contribution < -0.4 is 10.6 Å². The van der Waals surface area contributed by atoms with Crippen LogP contribution in [0.1, 0.15) is 42.5 Å². The lowest BCUT2D eigenvalue weighted by Crippen LogP contribution is -2.15. The summed E-state index contributed by atoms with van der Waals surface area (Å²) in [5.74, 6) is 0.537. The number of carbonyl (C=O) groups excluding carboxylic acids is 2. The average Bonchev–Trinajstić information content (AvgIpc) is 3.42. The van der Waals surface area contributed by atoms with E-state index >= 15 is 0 Å². The second kappa shape index (κ2) is 10.1. The van der Waals surface area contributed by atoms with Gasteiger partial charge in [-0.25, -0.2) is 4.68 Å². The van der Waals surface area contributed by atoms with Crippen molar-refractivity contribution < 1.29 is 14.1 Å². The maximum absolute atomic E-state index is 12.8. The van der Waals surface area contributed by atoms with Crippen molar-refractivity contribution in [2.75, 3.05) is 10.6 Å². The van der Waals surface area contributed by atoms with Crippen LogP contribution in [0.3, 0.4) is 0 Å². The summed E-state index contributed by atoms with van der Waals surface area (Å²) in [4.78, 5) is 25.2. The van der Waals surface area contributed by atoms with Crippen LogP contribution in [0.5, 0.6) is 0 Å². The molecule has 0 aliphatic heterocycles. The Labute approximate surface area is 215 Å². The Kier molecular flexibility index (Phi) is 7.09. The van der Waals surface area contributed by atoms with Gasteiger partial charge in [-0.2, -0.15) is 5.10 Å². The molecule has 4 rings (SSSR count). The molecule has 0 saturated heterocycles. The Morgan fingerprint density at radius 3 is 2.49 bits per heavy atom. The Hall–Kier alpha value is -3.43. The molecule has 0 unspecified atom stereocenters. The van der Waals surface area contributed by atoms with Gasteiger partial charge < -0.3 is 15.2 Å². The zero-order chi connectivity index (χ0) is 25.2. The molecule has 4 aromatic rings. The summed E-state index contributed by atoms with van der Waals surface area (Å²) < 4.78 is 7.38. The topological polar surface area (TPSA) is 102 Å². The van der Waals surface area contributed by atoms with Crippen LogP contribution in [-0.4, -0.2) is 26.8 Å². The maximum Gasteiger partial charge on any atom is 0.260 e. The number of benzene rings is 2. The van der Waals surface area contributed by atoms with Crippen LogP contribution in [-0.2, 0) is 16.6 Å². The number of amides is 2. The van der Waals surface area contributed by atoms with E-state index in [0.29, 0.717) is 32.5 Å². The van der Waals surface area contributed by atoms with Gasteiger partial charge in [-0.1, -0.05) is 55.7 Å². The van der Waals surface area contributed by atoms with Gasteiger partial charge in [-0.15, -0.1) is 0 Å². The number of rotatable bonds is 6. The molecule has 2 aromatic carbocycles. The first-order valence-electron chi connectivity index (χ1n) is 10.8. The van der Waals surface area contributed by atoms with Crippen LogP contribution in [0.4, 0.5) is 11.5 Å². The van der Waals surface area contributed by atoms with Crippen LogP contribution in [0, 0.1) is 0 Å². The second-order valence-corrected chi connectivity index (χ2v) is 10.1. The minimum atomic E-state index is -0.323. The molecule has 0 saturated carbocycles. The molecule has 0 radical (unpaired) electrons. The second-order valence-electron chi connectivity index (χ2n) is 8.94. The van der Waals surface area contributed by atoms with Crippen molar-refractivity contribution in [1.29, 1.82) is 0 Å². The minimum Gasteiger partial charge on any atom is -0.359 e. The third-order valence-corrected chi connectivity index (χ3v) is 6.10. The van der Waals surface area contributed by atoms with Crippen LogP contribution in [0.2, 0.25) is 5.02 Å². The summed E-state index contributed by atoms with van der Waals surface area (Å²) in [6.07, 6.45) is 1.64. The first-order valence-corrected chi connectivity index (χ1v) is 11.9. The lowest BCUT2D eigenvalue weighted by atomic mass is 9.93. The average molecular weight is 557 g/mol. The third-order valence-electron chi connectivity index (χ3n) is 5.10. The number of carbonyl (C=O) groups is 2. The fraction of sp³-hybridized carbons (Fsp3) is 0.200. The third kappa shape index (κ3) is 5.98. The zero-order valence-corrected chi connectivity index (χ0v) is 21.6. The number of hydrogen-bond acceptors (Lipinski definition) is 5. The van der Waals surface area contributed by atoms with E-state index in [1.54, 1.807) is 47.1 Å². The number of halogens is 2. The Bertz CT molecular complexity index is 1370. The van der Waals surface area contributed by atoms with Gasteiger partial charge in [0.25, 0.3) is 5.91 Å². The molecule has 10 heteroatoms. The molecule has 0 bridgehead atoms. The smallest absolute Gasteiger partial charge is 0.260 e. The predicted molar refractivity (Wildman–Crippen MR) is 138 cm³/mol. The molecule has 2 N–H and O–H groups in total. The molecule has 0 aliphatic carbocycles. The summed E-state index contributed by atoms with van der Waals surface area (Å²) in [5, 5.41) is 14.3. The molecule has 2 aromatic heterocycles. The normalized spacial score (nSPS) is 11.3. The Morgan fingerprint density at radius 2 is 1.83 bits per heavy atom. The van der Waals surface area contributed by atoms with Gasteiger partial charge in [0.1, 0.15) is 10.4 Å². The minimum absolute atomic E-state index is 0.157. The summed E-state index contributed by atoms with van der Waals surface area (Å²) in [5.41, 5.74) is 2.28.